The van der Waals surface area contributed by atoms with Gasteiger partial charge in [-0.05, 0) is 53.9 Å². The average Bonchev–Trinajstić information content (AvgIpc) is 2.81. The maximum absolute atomic E-state index is 5.95. The molecule has 0 saturated carbocycles. The largest absolute Gasteiger partial charge is 0.497 e. The zero-order valence-electron chi connectivity index (χ0n) is 17.5. The summed E-state index contributed by atoms with van der Waals surface area (Å²) in [7, 11) is 3.36. The average molecular weight is 408 g/mol. The van der Waals surface area contributed by atoms with Gasteiger partial charge in [-0.25, -0.2) is 0 Å². The Balaban J connectivity index is 1.27. The lowest BCUT2D eigenvalue weighted by Gasteiger charge is -2.30. The van der Waals surface area contributed by atoms with Gasteiger partial charge in [0.05, 0.1) is 39.0 Å². The number of benzene rings is 2. The molecule has 1 saturated heterocycles. The van der Waals surface area contributed by atoms with Gasteiger partial charge in [-0.3, -0.25) is 4.98 Å². The molecule has 1 N–H and O–H groups in total. The van der Waals surface area contributed by atoms with Gasteiger partial charge in [0.1, 0.15) is 11.5 Å². The topological polar surface area (TPSA) is 61.8 Å². The monoisotopic (exact) mass is 408 g/mol. The van der Waals surface area contributed by atoms with E-state index in [0.717, 1.165) is 41.8 Å². The van der Waals surface area contributed by atoms with Gasteiger partial charge in [-0.2, -0.15) is 0 Å². The third-order valence-electron chi connectivity index (χ3n) is 5.38. The van der Waals surface area contributed by atoms with Crippen molar-refractivity contribution in [2.24, 2.45) is 0 Å². The first-order chi connectivity index (χ1) is 14.7. The van der Waals surface area contributed by atoms with Crippen LogP contribution in [0, 0.1) is 0 Å². The molecule has 158 valence electrons. The van der Waals surface area contributed by atoms with Crippen LogP contribution in [-0.4, -0.2) is 44.7 Å². The van der Waals surface area contributed by atoms with Crippen LogP contribution in [0.4, 0.5) is 0 Å². The fourth-order valence-electron chi connectivity index (χ4n) is 3.67. The Bertz CT molecular complexity index is 970. The maximum Gasteiger partial charge on any atom is 0.158 e. The van der Waals surface area contributed by atoms with E-state index in [2.05, 4.69) is 22.4 Å². The van der Waals surface area contributed by atoms with Gasteiger partial charge >= 0.3 is 0 Å². The van der Waals surface area contributed by atoms with Crippen molar-refractivity contribution in [3.63, 3.8) is 0 Å². The standard InChI is InChI=1S/C24H28N2O4/c1-27-20-5-3-4-17(12-20)14-26-19-15-29-24(30-16-19)9-6-18-10-11-25-23-8-7-21(28-2)13-22(18)23/h3-5,7-8,10-13,19,24,26H,6,9,14-16H2,1-2H3. The number of ether oxygens (including phenoxy) is 4. The predicted molar refractivity (Wildman–Crippen MR) is 116 cm³/mol. The molecule has 2 aromatic carbocycles. The van der Waals surface area contributed by atoms with E-state index in [-0.39, 0.29) is 12.3 Å². The second-order valence-electron chi connectivity index (χ2n) is 7.42. The fourth-order valence-corrected chi connectivity index (χ4v) is 3.67. The number of aromatic nitrogens is 1. The van der Waals surface area contributed by atoms with Gasteiger partial charge in [0.15, 0.2) is 6.29 Å². The van der Waals surface area contributed by atoms with Crippen LogP contribution in [0.15, 0.2) is 54.7 Å². The van der Waals surface area contributed by atoms with E-state index in [1.165, 1.54) is 11.1 Å². The van der Waals surface area contributed by atoms with Gasteiger partial charge in [0, 0.05) is 24.5 Å². The number of nitrogens with zero attached hydrogens (tertiary/aromatic N) is 1. The van der Waals surface area contributed by atoms with Crippen LogP contribution in [0.3, 0.4) is 0 Å². The minimum absolute atomic E-state index is 0.179. The lowest BCUT2D eigenvalue weighted by atomic mass is 10.0. The fraction of sp³-hybridized carbons (Fsp3) is 0.375. The summed E-state index contributed by atoms with van der Waals surface area (Å²) in [6, 6.07) is 16.3. The molecule has 0 amide bonds. The van der Waals surface area contributed by atoms with Crippen molar-refractivity contribution in [3.8, 4) is 11.5 Å². The Hall–Kier alpha value is -2.67. The quantitative estimate of drug-likeness (QED) is 0.613. The van der Waals surface area contributed by atoms with Crippen LogP contribution in [0.25, 0.3) is 10.9 Å². The summed E-state index contributed by atoms with van der Waals surface area (Å²) in [5.74, 6) is 1.71. The molecule has 6 heteroatoms. The SMILES string of the molecule is COc1cccc(CNC2COC(CCc3ccnc4ccc(OC)cc34)OC2)c1. The molecule has 4 rings (SSSR count). The molecule has 6 nitrogen and oxygen atoms in total. The molecular weight excluding hydrogens is 380 g/mol. The van der Waals surface area contributed by atoms with Crippen LogP contribution < -0.4 is 14.8 Å². The first-order valence-corrected chi connectivity index (χ1v) is 10.3. The van der Waals surface area contributed by atoms with Crippen molar-refractivity contribution in [2.45, 2.75) is 31.7 Å². The van der Waals surface area contributed by atoms with Crippen molar-refractivity contribution in [2.75, 3.05) is 27.4 Å². The van der Waals surface area contributed by atoms with Crippen LogP contribution in [0.1, 0.15) is 17.5 Å². The van der Waals surface area contributed by atoms with Crippen molar-refractivity contribution in [1.29, 1.82) is 0 Å². The summed E-state index contributed by atoms with van der Waals surface area (Å²) in [6.07, 6.45) is 3.33. The Morgan fingerprint density at radius 3 is 2.60 bits per heavy atom. The molecule has 30 heavy (non-hydrogen) atoms. The second-order valence-corrected chi connectivity index (χ2v) is 7.42. The Morgan fingerprint density at radius 2 is 1.80 bits per heavy atom. The zero-order valence-corrected chi connectivity index (χ0v) is 17.5. The number of hydrogen-bond donors (Lipinski definition) is 1. The van der Waals surface area contributed by atoms with E-state index >= 15 is 0 Å². The number of pyridine rings is 1. The van der Waals surface area contributed by atoms with E-state index in [0.29, 0.717) is 13.2 Å². The summed E-state index contributed by atoms with van der Waals surface area (Å²) in [5.41, 5.74) is 3.38. The minimum Gasteiger partial charge on any atom is -0.497 e. The summed E-state index contributed by atoms with van der Waals surface area (Å²) < 4.78 is 22.5. The van der Waals surface area contributed by atoms with E-state index in [1.807, 2.05) is 42.6 Å². The number of nitrogens with one attached hydrogen (secondary N) is 1. The number of fused-ring (bicyclic) bond motifs is 1. The van der Waals surface area contributed by atoms with Crippen molar-refractivity contribution >= 4 is 10.9 Å². The van der Waals surface area contributed by atoms with E-state index in [1.54, 1.807) is 14.2 Å². The minimum atomic E-state index is -0.186. The smallest absolute Gasteiger partial charge is 0.158 e. The van der Waals surface area contributed by atoms with Crippen LogP contribution in [0.2, 0.25) is 0 Å². The maximum atomic E-state index is 5.95. The van der Waals surface area contributed by atoms with E-state index < -0.39 is 0 Å². The summed E-state index contributed by atoms with van der Waals surface area (Å²) in [6.45, 7) is 2.03. The van der Waals surface area contributed by atoms with Crippen molar-refractivity contribution in [1.82, 2.24) is 10.3 Å². The van der Waals surface area contributed by atoms with Crippen molar-refractivity contribution < 1.29 is 18.9 Å². The highest BCUT2D eigenvalue weighted by Gasteiger charge is 2.22. The highest BCUT2D eigenvalue weighted by Crippen LogP contribution is 2.24. The second kappa shape index (κ2) is 9.89. The molecule has 0 atom stereocenters. The number of rotatable bonds is 8. The molecule has 0 radical (unpaired) electrons. The molecule has 0 bridgehead atoms. The molecule has 3 aromatic rings. The summed E-state index contributed by atoms with van der Waals surface area (Å²) in [5, 5.41) is 4.61. The molecule has 1 aromatic heterocycles. The molecule has 0 spiro atoms. The Labute approximate surface area is 177 Å². The zero-order chi connectivity index (χ0) is 20.8. The highest BCUT2D eigenvalue weighted by atomic mass is 16.7. The van der Waals surface area contributed by atoms with Crippen LogP contribution in [-0.2, 0) is 22.4 Å². The number of aryl methyl sites for hydroxylation is 1. The van der Waals surface area contributed by atoms with Crippen LogP contribution in [0.5, 0.6) is 11.5 Å². The van der Waals surface area contributed by atoms with E-state index in [4.69, 9.17) is 18.9 Å². The van der Waals surface area contributed by atoms with Gasteiger partial charge in [0.25, 0.3) is 0 Å². The predicted octanol–water partition coefficient (Wildman–Crippen LogP) is 3.72. The molecule has 2 heterocycles. The molecule has 0 aliphatic carbocycles. The van der Waals surface area contributed by atoms with Gasteiger partial charge in [-0.15, -0.1) is 0 Å². The van der Waals surface area contributed by atoms with Gasteiger partial charge in [-0.1, -0.05) is 12.1 Å². The van der Waals surface area contributed by atoms with Crippen molar-refractivity contribution in [3.05, 3.63) is 65.9 Å². The molecule has 0 unspecified atom stereocenters. The third-order valence-corrected chi connectivity index (χ3v) is 5.38. The summed E-state index contributed by atoms with van der Waals surface area (Å²) >= 11 is 0. The van der Waals surface area contributed by atoms with Gasteiger partial charge in [0.2, 0.25) is 0 Å². The molecule has 1 fully saturated rings. The Morgan fingerprint density at radius 1 is 1.00 bits per heavy atom. The Kier molecular flexibility index (Phi) is 6.79. The molecule has 1 aliphatic rings. The van der Waals surface area contributed by atoms with Gasteiger partial charge < -0.3 is 24.3 Å². The van der Waals surface area contributed by atoms with E-state index in [9.17, 15) is 0 Å². The normalized spacial score (nSPS) is 19.0. The first kappa shape index (κ1) is 20.6. The first-order valence-electron chi connectivity index (χ1n) is 10.3. The molecular formula is C24H28N2O4. The highest BCUT2D eigenvalue weighted by molar-refractivity contribution is 5.83. The number of methoxy groups -OCH3 is 2. The number of hydrogen-bond acceptors (Lipinski definition) is 6. The molecule has 1 aliphatic heterocycles. The third kappa shape index (κ3) is 5.08. The van der Waals surface area contributed by atoms with Crippen LogP contribution >= 0.6 is 0 Å². The lowest BCUT2D eigenvalue weighted by Crippen LogP contribution is -2.44. The summed E-state index contributed by atoms with van der Waals surface area (Å²) in [4.78, 5) is 4.44. The lowest BCUT2D eigenvalue weighted by molar-refractivity contribution is -0.192.